The van der Waals surface area contributed by atoms with Gasteiger partial charge >= 0.3 is 11.4 Å². The largest absolute Gasteiger partial charge is 0.359 e. The lowest BCUT2D eigenvalue weighted by Gasteiger charge is -2.17. The van der Waals surface area contributed by atoms with Gasteiger partial charge < -0.3 is 5.32 Å². The van der Waals surface area contributed by atoms with E-state index in [2.05, 4.69) is 26.5 Å². The quantitative estimate of drug-likeness (QED) is 0.363. The molecule has 0 unspecified atom stereocenters. The zero-order valence-corrected chi connectivity index (χ0v) is 21.1. The Kier molecular flexibility index (Phi) is 6.25. The first kappa shape index (κ1) is 24.2. The molecule has 0 bridgehead atoms. The lowest BCUT2D eigenvalue weighted by atomic mass is 10.1. The van der Waals surface area contributed by atoms with E-state index in [-0.39, 0.29) is 18.2 Å². The van der Waals surface area contributed by atoms with E-state index < -0.39 is 11.4 Å². The highest BCUT2D eigenvalue weighted by molar-refractivity contribution is 6.34. The molecular weight excluding hydrogens is 515 g/mol. The van der Waals surface area contributed by atoms with Crippen molar-refractivity contribution in [2.24, 2.45) is 7.05 Å². The van der Waals surface area contributed by atoms with Crippen LogP contribution in [0.4, 0.5) is 11.6 Å². The SMILES string of the molecule is Cc1cncc(-n2c(=O)nc(Nc3cc4cn(C)nc4cc3Cl)n(Cc3cc(C#N)ccc3Cl)c2=O)c1. The number of benzene rings is 2. The van der Waals surface area contributed by atoms with Crippen molar-refractivity contribution in [1.82, 2.24) is 28.9 Å². The average molecular weight is 533 g/mol. The number of nitriles is 1. The van der Waals surface area contributed by atoms with Gasteiger partial charge in [0, 0.05) is 29.9 Å². The highest BCUT2D eigenvalue weighted by Crippen LogP contribution is 2.29. The topological polar surface area (TPSA) is 123 Å². The normalized spacial score (nSPS) is 11.0. The molecule has 0 fully saturated rings. The Hall–Kier alpha value is -4.46. The van der Waals surface area contributed by atoms with Gasteiger partial charge in [-0.1, -0.05) is 23.2 Å². The fourth-order valence-corrected chi connectivity index (χ4v) is 4.32. The fraction of sp³-hybridized carbons (Fsp3) is 0.120. The molecule has 10 nitrogen and oxygen atoms in total. The number of aromatic nitrogens is 6. The Bertz CT molecular complexity index is 1850. The molecule has 3 aromatic heterocycles. The standard InChI is InChI=1S/C25H18Cl2N8O2/c1-14-5-18(11-29-10-14)35-24(36)31-23(30-22-7-17-12-33(2)32-21(17)8-20(22)27)34(25(35)37)13-16-6-15(9-28)3-4-19(16)26/h3-8,10-12H,13H2,1-2H3,(H,30,31,36). The Morgan fingerprint density at radius 2 is 1.89 bits per heavy atom. The Morgan fingerprint density at radius 3 is 2.65 bits per heavy atom. The number of fused-ring (bicyclic) bond motifs is 1. The number of hydrogen-bond acceptors (Lipinski definition) is 7. The Labute approximate surface area is 220 Å². The molecule has 12 heteroatoms. The van der Waals surface area contributed by atoms with Crippen LogP contribution in [0.2, 0.25) is 10.0 Å². The lowest BCUT2D eigenvalue weighted by Crippen LogP contribution is -2.41. The fourth-order valence-electron chi connectivity index (χ4n) is 3.94. The zero-order chi connectivity index (χ0) is 26.3. The monoisotopic (exact) mass is 532 g/mol. The second-order valence-corrected chi connectivity index (χ2v) is 9.19. The molecule has 184 valence electrons. The van der Waals surface area contributed by atoms with Gasteiger partial charge in [0.15, 0.2) is 0 Å². The summed E-state index contributed by atoms with van der Waals surface area (Å²) in [5.74, 6) is -0.0459. The van der Waals surface area contributed by atoms with Crippen LogP contribution in [0.5, 0.6) is 0 Å². The van der Waals surface area contributed by atoms with E-state index in [9.17, 15) is 14.9 Å². The van der Waals surface area contributed by atoms with E-state index >= 15 is 0 Å². The third-order valence-electron chi connectivity index (χ3n) is 5.65. The molecule has 37 heavy (non-hydrogen) atoms. The molecule has 2 aromatic carbocycles. The van der Waals surface area contributed by atoms with Crippen LogP contribution in [0.1, 0.15) is 16.7 Å². The van der Waals surface area contributed by atoms with Gasteiger partial charge in [0.1, 0.15) is 0 Å². The van der Waals surface area contributed by atoms with Crippen molar-refractivity contribution < 1.29 is 0 Å². The molecule has 1 N–H and O–H groups in total. The van der Waals surface area contributed by atoms with Crippen LogP contribution in [0.25, 0.3) is 16.6 Å². The van der Waals surface area contributed by atoms with Crippen molar-refractivity contribution in [1.29, 1.82) is 5.26 Å². The third kappa shape index (κ3) is 4.70. The minimum Gasteiger partial charge on any atom is -0.324 e. The molecule has 0 aliphatic rings. The highest BCUT2D eigenvalue weighted by atomic mass is 35.5. The van der Waals surface area contributed by atoms with Crippen LogP contribution in [0.15, 0.2) is 64.6 Å². The van der Waals surface area contributed by atoms with Gasteiger partial charge in [0.05, 0.1) is 46.3 Å². The first-order valence-electron chi connectivity index (χ1n) is 11.0. The van der Waals surface area contributed by atoms with Crippen LogP contribution >= 0.6 is 23.2 Å². The summed E-state index contributed by atoms with van der Waals surface area (Å²) >= 11 is 12.9. The maximum atomic E-state index is 13.7. The smallest absolute Gasteiger partial charge is 0.324 e. The lowest BCUT2D eigenvalue weighted by molar-refractivity contribution is 0.657. The number of anilines is 2. The highest BCUT2D eigenvalue weighted by Gasteiger charge is 2.18. The van der Waals surface area contributed by atoms with Crippen molar-refractivity contribution in [3.8, 4) is 11.8 Å². The molecule has 0 saturated heterocycles. The molecule has 0 radical (unpaired) electrons. The summed E-state index contributed by atoms with van der Waals surface area (Å²) in [6, 6.07) is 11.9. The van der Waals surface area contributed by atoms with Crippen molar-refractivity contribution in [2.75, 3.05) is 5.32 Å². The van der Waals surface area contributed by atoms with Gasteiger partial charge in [-0.2, -0.15) is 15.3 Å². The summed E-state index contributed by atoms with van der Waals surface area (Å²) in [6.07, 6.45) is 4.83. The maximum absolute atomic E-state index is 13.7. The van der Waals surface area contributed by atoms with E-state index in [1.165, 1.54) is 10.8 Å². The van der Waals surface area contributed by atoms with Crippen LogP contribution in [0.3, 0.4) is 0 Å². The predicted octanol–water partition coefficient (Wildman–Crippen LogP) is 3.95. The van der Waals surface area contributed by atoms with E-state index in [0.29, 0.717) is 32.4 Å². The second-order valence-electron chi connectivity index (χ2n) is 8.38. The van der Waals surface area contributed by atoms with Crippen molar-refractivity contribution >= 4 is 45.7 Å². The van der Waals surface area contributed by atoms with Crippen molar-refractivity contribution in [2.45, 2.75) is 13.5 Å². The van der Waals surface area contributed by atoms with E-state index in [1.807, 2.05) is 6.20 Å². The first-order valence-corrected chi connectivity index (χ1v) is 11.7. The van der Waals surface area contributed by atoms with Crippen molar-refractivity contribution in [3.05, 3.63) is 103 Å². The minimum absolute atomic E-state index is 0.0459. The number of halogens is 2. The van der Waals surface area contributed by atoms with E-state index in [0.717, 1.165) is 15.5 Å². The molecule has 5 aromatic rings. The second kappa shape index (κ2) is 9.54. The van der Waals surface area contributed by atoms with Gasteiger partial charge in [0.2, 0.25) is 5.95 Å². The zero-order valence-electron chi connectivity index (χ0n) is 19.6. The molecule has 0 aliphatic heterocycles. The summed E-state index contributed by atoms with van der Waals surface area (Å²) in [5.41, 5.74) is 1.54. The van der Waals surface area contributed by atoms with Gasteiger partial charge in [-0.25, -0.2) is 14.2 Å². The maximum Gasteiger partial charge on any atom is 0.359 e. The van der Waals surface area contributed by atoms with Crippen LogP contribution in [0, 0.1) is 18.3 Å². The van der Waals surface area contributed by atoms with Gasteiger partial charge in [-0.3, -0.25) is 14.2 Å². The molecule has 0 aliphatic carbocycles. The van der Waals surface area contributed by atoms with Crippen LogP contribution in [-0.4, -0.2) is 28.9 Å². The summed E-state index contributed by atoms with van der Waals surface area (Å²) in [7, 11) is 1.79. The van der Waals surface area contributed by atoms with E-state index in [1.54, 1.807) is 61.2 Å². The summed E-state index contributed by atoms with van der Waals surface area (Å²) in [6.45, 7) is 1.72. The van der Waals surface area contributed by atoms with Gasteiger partial charge in [-0.15, -0.1) is 0 Å². The summed E-state index contributed by atoms with van der Waals surface area (Å²) in [4.78, 5) is 35.1. The first-order chi connectivity index (χ1) is 17.7. The summed E-state index contributed by atoms with van der Waals surface area (Å²) in [5, 5.41) is 18.2. The Morgan fingerprint density at radius 1 is 1.08 bits per heavy atom. The Balaban J connectivity index is 1.70. The average Bonchev–Trinajstić information content (AvgIpc) is 3.21. The van der Waals surface area contributed by atoms with Crippen LogP contribution < -0.4 is 16.7 Å². The number of aryl methyl sites for hydroxylation is 2. The predicted molar refractivity (Wildman–Crippen MR) is 141 cm³/mol. The molecule has 0 spiro atoms. The number of rotatable bonds is 5. The van der Waals surface area contributed by atoms with Gasteiger partial charge in [-0.05, 0) is 54.4 Å². The van der Waals surface area contributed by atoms with Crippen LogP contribution in [-0.2, 0) is 13.6 Å². The molecule has 0 atom stereocenters. The molecular formula is C25H18Cl2N8O2. The molecule has 0 amide bonds. The molecule has 0 saturated carbocycles. The van der Waals surface area contributed by atoms with Crippen molar-refractivity contribution in [3.63, 3.8) is 0 Å². The summed E-state index contributed by atoms with van der Waals surface area (Å²) < 4.78 is 3.84. The number of nitrogens with zero attached hydrogens (tertiary/aromatic N) is 7. The third-order valence-corrected chi connectivity index (χ3v) is 6.33. The van der Waals surface area contributed by atoms with E-state index in [4.69, 9.17) is 23.2 Å². The van der Waals surface area contributed by atoms with Gasteiger partial charge in [0.25, 0.3) is 0 Å². The number of hydrogen-bond donors (Lipinski definition) is 1. The number of pyridine rings is 1. The number of nitrogens with one attached hydrogen (secondary N) is 1. The molecule has 3 heterocycles. The minimum atomic E-state index is -0.799. The molecule has 5 rings (SSSR count).